The Labute approximate surface area is 150 Å². The highest BCUT2D eigenvalue weighted by Crippen LogP contribution is 2.19. The SMILES string of the molecule is Cc1c(C(=O)N2CCNC(C)C2)nnn1-c1cccc([N+](=O)[O-])c1.Cl. The molecule has 2 heterocycles. The molecule has 1 fully saturated rings. The number of carbonyl (C=O) groups is 1. The zero-order valence-electron chi connectivity index (χ0n) is 13.9. The van der Waals surface area contributed by atoms with E-state index in [1.807, 2.05) is 6.92 Å². The topological polar surface area (TPSA) is 106 Å². The average Bonchev–Trinajstić information content (AvgIpc) is 2.96. The number of non-ortho nitro benzene ring substituents is 1. The highest BCUT2D eigenvalue weighted by Gasteiger charge is 2.26. The van der Waals surface area contributed by atoms with Gasteiger partial charge in [-0.3, -0.25) is 14.9 Å². The lowest BCUT2D eigenvalue weighted by atomic mass is 10.2. The minimum Gasteiger partial charge on any atom is -0.334 e. The van der Waals surface area contributed by atoms with Crippen molar-refractivity contribution >= 4 is 24.0 Å². The molecule has 1 N–H and O–H groups in total. The maximum atomic E-state index is 12.7. The van der Waals surface area contributed by atoms with Crippen LogP contribution in [0.5, 0.6) is 0 Å². The Hall–Kier alpha value is -2.52. The van der Waals surface area contributed by atoms with Gasteiger partial charge in [0.1, 0.15) is 0 Å². The van der Waals surface area contributed by atoms with E-state index in [1.54, 1.807) is 24.0 Å². The lowest BCUT2D eigenvalue weighted by Crippen LogP contribution is -2.51. The molecule has 3 rings (SSSR count). The van der Waals surface area contributed by atoms with E-state index in [-0.39, 0.29) is 35.7 Å². The van der Waals surface area contributed by atoms with Crippen LogP contribution >= 0.6 is 12.4 Å². The standard InChI is InChI=1S/C15H18N6O3.ClH/c1-10-9-19(7-6-16-10)15(22)14-11(2)20(18-17-14)12-4-3-5-13(8-12)21(23)24;/h3-5,8,10,16H,6-7,9H2,1-2H3;1H. The molecule has 1 aromatic carbocycles. The third kappa shape index (κ3) is 3.77. The van der Waals surface area contributed by atoms with Gasteiger partial charge in [-0.1, -0.05) is 11.3 Å². The zero-order valence-corrected chi connectivity index (χ0v) is 14.7. The van der Waals surface area contributed by atoms with Gasteiger partial charge in [-0.05, 0) is 19.9 Å². The first-order valence-electron chi connectivity index (χ1n) is 7.67. The molecule has 134 valence electrons. The quantitative estimate of drug-likeness (QED) is 0.649. The van der Waals surface area contributed by atoms with Gasteiger partial charge >= 0.3 is 0 Å². The second-order valence-corrected chi connectivity index (χ2v) is 5.82. The number of aromatic nitrogens is 3. The Morgan fingerprint density at radius 3 is 2.88 bits per heavy atom. The number of carbonyl (C=O) groups excluding carboxylic acids is 1. The number of hydrogen-bond acceptors (Lipinski definition) is 6. The monoisotopic (exact) mass is 366 g/mol. The van der Waals surface area contributed by atoms with Crippen LogP contribution in [-0.2, 0) is 0 Å². The smallest absolute Gasteiger partial charge is 0.276 e. The van der Waals surface area contributed by atoms with E-state index >= 15 is 0 Å². The van der Waals surface area contributed by atoms with Gasteiger partial charge in [0.05, 0.1) is 16.3 Å². The second-order valence-electron chi connectivity index (χ2n) is 5.82. The van der Waals surface area contributed by atoms with Crippen LogP contribution < -0.4 is 5.32 Å². The van der Waals surface area contributed by atoms with E-state index in [4.69, 9.17) is 0 Å². The fraction of sp³-hybridized carbons (Fsp3) is 0.400. The summed E-state index contributed by atoms with van der Waals surface area (Å²) < 4.78 is 1.45. The summed E-state index contributed by atoms with van der Waals surface area (Å²) in [4.78, 5) is 24.9. The van der Waals surface area contributed by atoms with E-state index < -0.39 is 4.92 Å². The van der Waals surface area contributed by atoms with Crippen LogP contribution in [-0.4, -0.2) is 56.4 Å². The number of nitro groups is 1. The summed E-state index contributed by atoms with van der Waals surface area (Å²) in [5, 5.41) is 22.2. The predicted molar refractivity (Wildman–Crippen MR) is 93.4 cm³/mol. The number of hydrogen-bond donors (Lipinski definition) is 1. The third-order valence-corrected chi connectivity index (χ3v) is 4.04. The molecular formula is C15H19ClN6O3. The molecule has 1 aliphatic rings. The van der Waals surface area contributed by atoms with Crippen LogP contribution in [0.1, 0.15) is 23.1 Å². The minimum atomic E-state index is -0.468. The summed E-state index contributed by atoms with van der Waals surface area (Å²) >= 11 is 0. The Morgan fingerprint density at radius 1 is 1.44 bits per heavy atom. The number of halogens is 1. The molecule has 1 unspecified atom stereocenters. The molecule has 1 amide bonds. The summed E-state index contributed by atoms with van der Waals surface area (Å²) in [7, 11) is 0. The number of nitro benzene ring substituents is 1. The molecule has 1 aromatic heterocycles. The molecule has 1 saturated heterocycles. The Bertz CT molecular complexity index is 793. The fourth-order valence-corrected chi connectivity index (χ4v) is 2.78. The number of amides is 1. The van der Waals surface area contributed by atoms with Gasteiger partial charge in [-0.2, -0.15) is 0 Å². The number of rotatable bonds is 3. The average molecular weight is 367 g/mol. The van der Waals surface area contributed by atoms with Crippen molar-refractivity contribution in [1.29, 1.82) is 0 Å². The summed E-state index contributed by atoms with van der Waals surface area (Å²) in [6.07, 6.45) is 0. The highest BCUT2D eigenvalue weighted by molar-refractivity contribution is 5.93. The first kappa shape index (κ1) is 18.8. The molecule has 0 bridgehead atoms. The van der Waals surface area contributed by atoms with Crippen LogP contribution in [0.3, 0.4) is 0 Å². The summed E-state index contributed by atoms with van der Waals surface area (Å²) in [6, 6.07) is 6.31. The summed E-state index contributed by atoms with van der Waals surface area (Å²) in [5.41, 5.74) is 1.30. The fourth-order valence-electron chi connectivity index (χ4n) is 2.78. The molecule has 0 spiro atoms. The van der Waals surface area contributed by atoms with E-state index in [2.05, 4.69) is 15.6 Å². The van der Waals surface area contributed by atoms with Crippen LogP contribution in [0.15, 0.2) is 24.3 Å². The number of piperazine rings is 1. The van der Waals surface area contributed by atoms with Crippen molar-refractivity contribution in [2.24, 2.45) is 0 Å². The van der Waals surface area contributed by atoms with E-state index in [0.717, 1.165) is 6.54 Å². The molecule has 2 aromatic rings. The van der Waals surface area contributed by atoms with E-state index in [9.17, 15) is 14.9 Å². The van der Waals surface area contributed by atoms with Gasteiger partial charge in [0, 0.05) is 37.8 Å². The minimum absolute atomic E-state index is 0. The molecule has 0 radical (unpaired) electrons. The van der Waals surface area contributed by atoms with Crippen LogP contribution in [0.2, 0.25) is 0 Å². The number of benzene rings is 1. The van der Waals surface area contributed by atoms with Crippen molar-refractivity contribution in [3.63, 3.8) is 0 Å². The third-order valence-electron chi connectivity index (χ3n) is 4.04. The van der Waals surface area contributed by atoms with Crippen molar-refractivity contribution in [3.8, 4) is 5.69 Å². The molecule has 25 heavy (non-hydrogen) atoms. The molecule has 0 saturated carbocycles. The molecule has 0 aliphatic carbocycles. The predicted octanol–water partition coefficient (Wildman–Crippen LogP) is 1.34. The van der Waals surface area contributed by atoms with Crippen LogP contribution in [0.25, 0.3) is 5.69 Å². The maximum Gasteiger partial charge on any atom is 0.276 e. The van der Waals surface area contributed by atoms with Gasteiger partial charge in [-0.25, -0.2) is 4.68 Å². The number of nitrogens with one attached hydrogen (secondary N) is 1. The van der Waals surface area contributed by atoms with E-state index in [1.165, 1.54) is 16.8 Å². The maximum absolute atomic E-state index is 12.7. The van der Waals surface area contributed by atoms with Crippen molar-refractivity contribution < 1.29 is 9.72 Å². The largest absolute Gasteiger partial charge is 0.334 e. The Balaban J connectivity index is 0.00000225. The van der Waals surface area contributed by atoms with E-state index in [0.29, 0.717) is 24.5 Å². The highest BCUT2D eigenvalue weighted by atomic mass is 35.5. The van der Waals surface area contributed by atoms with Gasteiger partial charge in [-0.15, -0.1) is 17.5 Å². The van der Waals surface area contributed by atoms with Gasteiger partial charge < -0.3 is 10.2 Å². The molecule has 1 atom stereocenters. The van der Waals surface area contributed by atoms with Crippen molar-refractivity contribution in [1.82, 2.24) is 25.2 Å². The van der Waals surface area contributed by atoms with Crippen molar-refractivity contribution in [2.75, 3.05) is 19.6 Å². The molecule has 10 heteroatoms. The molecular weight excluding hydrogens is 348 g/mol. The number of nitrogens with zero attached hydrogens (tertiary/aromatic N) is 5. The molecule has 9 nitrogen and oxygen atoms in total. The lowest BCUT2D eigenvalue weighted by Gasteiger charge is -2.31. The Kier molecular flexibility index (Phi) is 5.70. The van der Waals surface area contributed by atoms with Gasteiger partial charge in [0.25, 0.3) is 11.6 Å². The van der Waals surface area contributed by atoms with Crippen LogP contribution in [0, 0.1) is 17.0 Å². The van der Waals surface area contributed by atoms with Crippen molar-refractivity contribution in [2.45, 2.75) is 19.9 Å². The summed E-state index contributed by atoms with van der Waals surface area (Å²) in [5.74, 6) is -0.169. The lowest BCUT2D eigenvalue weighted by molar-refractivity contribution is -0.384. The second kappa shape index (κ2) is 7.58. The molecule has 1 aliphatic heterocycles. The van der Waals surface area contributed by atoms with Crippen LogP contribution in [0.4, 0.5) is 5.69 Å². The summed E-state index contributed by atoms with van der Waals surface area (Å²) in [6.45, 7) is 5.73. The first-order chi connectivity index (χ1) is 11.5. The van der Waals surface area contributed by atoms with Gasteiger partial charge in [0.15, 0.2) is 5.69 Å². The van der Waals surface area contributed by atoms with Crippen molar-refractivity contribution in [3.05, 3.63) is 45.8 Å². The first-order valence-corrected chi connectivity index (χ1v) is 7.67. The zero-order chi connectivity index (χ0) is 17.3. The van der Waals surface area contributed by atoms with Gasteiger partial charge in [0.2, 0.25) is 0 Å². The normalized spacial score (nSPS) is 17.0. The Morgan fingerprint density at radius 2 is 2.20 bits per heavy atom.